The second-order valence-corrected chi connectivity index (χ2v) is 5.80. The van der Waals surface area contributed by atoms with E-state index in [4.69, 9.17) is 5.73 Å². The molecule has 0 unspecified atom stereocenters. The number of pyridine rings is 1. The fraction of sp³-hybridized carbons (Fsp3) is 0.571. The Morgan fingerprint density at radius 2 is 2.00 bits per heavy atom. The van der Waals surface area contributed by atoms with Crippen molar-refractivity contribution in [3.63, 3.8) is 0 Å². The smallest absolute Gasteiger partial charge is 0.228 e. The summed E-state index contributed by atoms with van der Waals surface area (Å²) in [6.07, 6.45) is 4.13. The van der Waals surface area contributed by atoms with E-state index in [9.17, 15) is 4.79 Å². The zero-order valence-corrected chi connectivity index (χ0v) is 12.4. The van der Waals surface area contributed by atoms with Crippen molar-refractivity contribution in [2.24, 2.45) is 5.41 Å². The molecule has 2 rings (SSSR count). The topological polar surface area (TPSA) is 59.2 Å². The van der Waals surface area contributed by atoms with Crippen molar-refractivity contribution < 1.29 is 4.79 Å². The highest BCUT2D eigenvalue weighted by Crippen LogP contribution is 2.29. The number of nitrogens with two attached hydrogens (primary N) is 1. The molecule has 0 spiro atoms. The lowest BCUT2D eigenvalue weighted by atomic mass is 9.82. The molecule has 1 aromatic heterocycles. The predicted octanol–water partition coefficient (Wildman–Crippen LogP) is 2.28. The number of likely N-dealkylation sites (tertiary alicyclic amines) is 1. The minimum absolute atomic E-state index is 0. The second-order valence-electron chi connectivity index (χ2n) is 5.80. The summed E-state index contributed by atoms with van der Waals surface area (Å²) in [5.41, 5.74) is 7.36. The highest BCUT2D eigenvalue weighted by molar-refractivity contribution is 5.85. The Morgan fingerprint density at radius 1 is 1.37 bits per heavy atom. The Balaban J connectivity index is 0.00000180. The van der Waals surface area contributed by atoms with Gasteiger partial charge in [-0.2, -0.15) is 0 Å². The van der Waals surface area contributed by atoms with E-state index in [1.807, 2.05) is 11.0 Å². The van der Waals surface area contributed by atoms with Crippen LogP contribution in [0.5, 0.6) is 0 Å². The van der Waals surface area contributed by atoms with Gasteiger partial charge in [0, 0.05) is 18.8 Å². The van der Waals surface area contributed by atoms with Crippen molar-refractivity contribution in [1.29, 1.82) is 0 Å². The molecule has 19 heavy (non-hydrogen) atoms. The van der Waals surface area contributed by atoms with E-state index in [2.05, 4.69) is 18.8 Å². The van der Waals surface area contributed by atoms with Gasteiger partial charge in [0.1, 0.15) is 0 Å². The number of nitrogen functional groups attached to an aromatic ring is 1. The van der Waals surface area contributed by atoms with Crippen LogP contribution in [0, 0.1) is 5.41 Å². The highest BCUT2D eigenvalue weighted by Gasteiger charge is 2.27. The molecular weight excluding hydrogens is 262 g/mol. The Labute approximate surface area is 120 Å². The zero-order chi connectivity index (χ0) is 13.2. The van der Waals surface area contributed by atoms with Crippen LogP contribution in [-0.2, 0) is 11.2 Å². The number of nitrogens with zero attached hydrogens (tertiary/aromatic N) is 2. The number of aromatic nitrogens is 1. The van der Waals surface area contributed by atoms with Gasteiger partial charge < -0.3 is 10.6 Å². The molecule has 1 saturated heterocycles. The molecule has 0 aromatic carbocycles. The van der Waals surface area contributed by atoms with Crippen LogP contribution in [0.1, 0.15) is 32.4 Å². The highest BCUT2D eigenvalue weighted by atomic mass is 35.5. The van der Waals surface area contributed by atoms with E-state index in [-0.39, 0.29) is 18.3 Å². The third-order valence-corrected chi connectivity index (χ3v) is 3.65. The van der Waals surface area contributed by atoms with Crippen LogP contribution in [-0.4, -0.2) is 28.9 Å². The number of amides is 1. The summed E-state index contributed by atoms with van der Waals surface area (Å²) < 4.78 is 0. The first kappa shape index (κ1) is 15.8. The van der Waals surface area contributed by atoms with E-state index in [0.717, 1.165) is 31.6 Å². The SMILES string of the molecule is CC1(C)CCN(C(=O)Cc2ccc(N)cn2)CC1.Cl. The van der Waals surface area contributed by atoms with Crippen molar-refractivity contribution in [3.05, 3.63) is 24.0 Å². The molecule has 1 aliphatic rings. The van der Waals surface area contributed by atoms with E-state index >= 15 is 0 Å². The summed E-state index contributed by atoms with van der Waals surface area (Å²) in [6.45, 7) is 6.24. The lowest BCUT2D eigenvalue weighted by Crippen LogP contribution is -2.41. The number of carbonyl (C=O) groups excluding carboxylic acids is 1. The number of piperidine rings is 1. The van der Waals surface area contributed by atoms with Gasteiger partial charge in [0.25, 0.3) is 0 Å². The monoisotopic (exact) mass is 283 g/mol. The first-order valence-electron chi connectivity index (χ1n) is 6.44. The fourth-order valence-electron chi connectivity index (χ4n) is 2.17. The molecule has 0 aliphatic carbocycles. The van der Waals surface area contributed by atoms with Crippen LogP contribution >= 0.6 is 12.4 Å². The standard InChI is InChI=1S/C14H21N3O.ClH/c1-14(2)5-7-17(8-6-14)13(18)9-12-4-3-11(15)10-16-12;/h3-4,10H,5-9,15H2,1-2H3;1H. The van der Waals surface area contributed by atoms with Crippen LogP contribution in [0.2, 0.25) is 0 Å². The van der Waals surface area contributed by atoms with Gasteiger partial charge >= 0.3 is 0 Å². The maximum atomic E-state index is 12.1. The van der Waals surface area contributed by atoms with E-state index in [1.54, 1.807) is 12.3 Å². The van der Waals surface area contributed by atoms with Crippen molar-refractivity contribution >= 4 is 24.0 Å². The molecule has 2 N–H and O–H groups in total. The third kappa shape index (κ3) is 4.39. The first-order valence-corrected chi connectivity index (χ1v) is 6.44. The van der Waals surface area contributed by atoms with Gasteiger partial charge in [0.05, 0.1) is 18.3 Å². The van der Waals surface area contributed by atoms with Gasteiger partial charge in [-0.25, -0.2) is 0 Å². The molecule has 5 heteroatoms. The number of anilines is 1. The quantitative estimate of drug-likeness (QED) is 0.906. The maximum Gasteiger partial charge on any atom is 0.228 e. The van der Waals surface area contributed by atoms with Crippen molar-refractivity contribution in [3.8, 4) is 0 Å². The normalized spacial score (nSPS) is 17.7. The number of halogens is 1. The average Bonchev–Trinajstić information content (AvgIpc) is 2.32. The second kappa shape index (κ2) is 6.24. The summed E-state index contributed by atoms with van der Waals surface area (Å²) in [7, 11) is 0. The predicted molar refractivity (Wildman–Crippen MR) is 79.2 cm³/mol. The van der Waals surface area contributed by atoms with Crippen molar-refractivity contribution in [2.45, 2.75) is 33.1 Å². The van der Waals surface area contributed by atoms with Gasteiger partial charge in [-0.1, -0.05) is 13.8 Å². The third-order valence-electron chi connectivity index (χ3n) is 3.65. The van der Waals surface area contributed by atoms with Crippen LogP contribution in [0.25, 0.3) is 0 Å². The van der Waals surface area contributed by atoms with Gasteiger partial charge in [-0.3, -0.25) is 9.78 Å². The minimum Gasteiger partial charge on any atom is -0.397 e. The summed E-state index contributed by atoms with van der Waals surface area (Å²) in [6, 6.07) is 3.61. The lowest BCUT2D eigenvalue weighted by Gasteiger charge is -2.36. The van der Waals surface area contributed by atoms with E-state index < -0.39 is 0 Å². The Kier molecular flexibility index (Phi) is 5.18. The Hall–Kier alpha value is -1.29. The largest absolute Gasteiger partial charge is 0.397 e. The molecule has 0 bridgehead atoms. The van der Waals surface area contributed by atoms with E-state index in [1.165, 1.54) is 0 Å². The van der Waals surface area contributed by atoms with Crippen molar-refractivity contribution in [2.75, 3.05) is 18.8 Å². The molecule has 1 amide bonds. The summed E-state index contributed by atoms with van der Waals surface area (Å²) in [5.74, 6) is 0.169. The first-order chi connectivity index (χ1) is 8.46. The number of carbonyl (C=O) groups is 1. The molecule has 0 atom stereocenters. The molecule has 2 heterocycles. The van der Waals surface area contributed by atoms with Crippen LogP contribution in [0.15, 0.2) is 18.3 Å². The summed E-state index contributed by atoms with van der Waals surface area (Å²) in [5, 5.41) is 0. The summed E-state index contributed by atoms with van der Waals surface area (Å²) >= 11 is 0. The molecule has 0 radical (unpaired) electrons. The molecule has 1 fully saturated rings. The number of hydrogen-bond acceptors (Lipinski definition) is 3. The Morgan fingerprint density at radius 3 is 2.53 bits per heavy atom. The molecular formula is C14H22ClN3O. The molecule has 1 aliphatic heterocycles. The fourth-order valence-corrected chi connectivity index (χ4v) is 2.17. The van der Waals surface area contributed by atoms with Gasteiger partial charge in [0.2, 0.25) is 5.91 Å². The van der Waals surface area contributed by atoms with Crippen LogP contribution in [0.4, 0.5) is 5.69 Å². The minimum atomic E-state index is 0. The van der Waals surface area contributed by atoms with Gasteiger partial charge in [-0.05, 0) is 30.4 Å². The molecule has 0 saturated carbocycles. The maximum absolute atomic E-state index is 12.1. The number of hydrogen-bond donors (Lipinski definition) is 1. The molecule has 1 aromatic rings. The molecule has 106 valence electrons. The Bertz CT molecular complexity index is 421. The number of rotatable bonds is 2. The van der Waals surface area contributed by atoms with Crippen LogP contribution in [0.3, 0.4) is 0 Å². The van der Waals surface area contributed by atoms with Gasteiger partial charge in [0.15, 0.2) is 0 Å². The zero-order valence-electron chi connectivity index (χ0n) is 11.6. The lowest BCUT2D eigenvalue weighted by molar-refractivity contribution is -0.132. The average molecular weight is 284 g/mol. The molecule has 4 nitrogen and oxygen atoms in total. The van der Waals surface area contributed by atoms with E-state index in [0.29, 0.717) is 17.5 Å². The summed E-state index contributed by atoms with van der Waals surface area (Å²) in [4.78, 5) is 18.2. The van der Waals surface area contributed by atoms with Crippen molar-refractivity contribution in [1.82, 2.24) is 9.88 Å². The van der Waals surface area contributed by atoms with Crippen LogP contribution < -0.4 is 5.73 Å². The van der Waals surface area contributed by atoms with Gasteiger partial charge in [-0.15, -0.1) is 12.4 Å².